The van der Waals surface area contributed by atoms with E-state index in [1.165, 1.54) is 12.8 Å². The van der Waals surface area contributed by atoms with E-state index in [2.05, 4.69) is 12.2 Å². The van der Waals surface area contributed by atoms with Crippen molar-refractivity contribution >= 4 is 5.97 Å². The lowest BCUT2D eigenvalue weighted by Crippen LogP contribution is -2.32. The lowest BCUT2D eigenvalue weighted by atomic mass is 9.77. The summed E-state index contributed by atoms with van der Waals surface area (Å²) in [5.74, 6) is 0.380. The lowest BCUT2D eigenvalue weighted by molar-refractivity contribution is -0.137. The highest BCUT2D eigenvalue weighted by Crippen LogP contribution is 2.44. The van der Waals surface area contributed by atoms with E-state index in [1.807, 2.05) is 0 Å². The molecule has 0 spiro atoms. The van der Waals surface area contributed by atoms with E-state index in [1.54, 1.807) is 0 Å². The number of carbonyl (C=O) groups is 1. The molecule has 0 aromatic carbocycles. The van der Waals surface area contributed by atoms with Crippen LogP contribution in [0.25, 0.3) is 0 Å². The van der Waals surface area contributed by atoms with Gasteiger partial charge in [-0.05, 0) is 44.6 Å². The fourth-order valence-electron chi connectivity index (χ4n) is 3.27. The first-order chi connectivity index (χ1) is 8.72. The van der Waals surface area contributed by atoms with Crippen molar-refractivity contribution < 1.29 is 14.6 Å². The zero-order valence-corrected chi connectivity index (χ0v) is 10.8. The number of nitrogens with two attached hydrogens (primary N) is 1. The average molecular weight is 253 g/mol. The minimum atomic E-state index is -0.715. The van der Waals surface area contributed by atoms with Gasteiger partial charge < -0.3 is 15.6 Å². The maximum atomic E-state index is 10.4. The number of carboxylic acid groups (broad SMARTS) is 1. The first kappa shape index (κ1) is 13.6. The Morgan fingerprint density at radius 3 is 2.67 bits per heavy atom. The number of ether oxygens (including phenoxy) is 1. The molecule has 18 heavy (non-hydrogen) atoms. The van der Waals surface area contributed by atoms with Crippen molar-refractivity contribution in [3.63, 3.8) is 0 Å². The molecule has 2 aliphatic heterocycles. The molecule has 2 saturated heterocycles. The summed E-state index contributed by atoms with van der Waals surface area (Å²) in [6.45, 7) is 0.721. The second kappa shape index (κ2) is 6.34. The molecule has 4 atom stereocenters. The lowest BCUT2D eigenvalue weighted by Gasteiger charge is -2.25. The predicted molar refractivity (Wildman–Crippen MR) is 69.2 cm³/mol. The number of aliphatic carboxylic acids is 1. The smallest absolute Gasteiger partial charge is 0.303 e. The topological polar surface area (TPSA) is 72.6 Å². The summed E-state index contributed by atoms with van der Waals surface area (Å²) < 4.78 is 5.91. The van der Waals surface area contributed by atoms with Gasteiger partial charge >= 0.3 is 5.97 Å². The summed E-state index contributed by atoms with van der Waals surface area (Å²) in [4.78, 5) is 10.4. The molecule has 102 valence electrons. The molecule has 0 unspecified atom stereocenters. The molecule has 2 aliphatic rings. The Labute approximate surface area is 108 Å². The summed E-state index contributed by atoms with van der Waals surface area (Å²) in [5, 5.41) is 8.53. The van der Waals surface area contributed by atoms with Crippen LogP contribution >= 0.6 is 0 Å². The molecule has 2 heterocycles. The highest BCUT2D eigenvalue weighted by atomic mass is 16.5. The molecule has 4 heteroatoms. The Morgan fingerprint density at radius 2 is 2.00 bits per heavy atom. The second-order valence-electron chi connectivity index (χ2n) is 5.35. The molecule has 0 amide bonds. The van der Waals surface area contributed by atoms with Crippen LogP contribution in [0.4, 0.5) is 0 Å². The van der Waals surface area contributed by atoms with Gasteiger partial charge in [0.1, 0.15) is 0 Å². The number of rotatable bonds is 7. The summed E-state index contributed by atoms with van der Waals surface area (Å²) in [6, 6.07) is 0. The molecule has 2 bridgehead atoms. The van der Waals surface area contributed by atoms with Gasteiger partial charge in [0.2, 0.25) is 0 Å². The molecule has 0 radical (unpaired) electrons. The van der Waals surface area contributed by atoms with Crippen molar-refractivity contribution in [3.05, 3.63) is 12.2 Å². The minimum absolute atomic E-state index is 0.257. The van der Waals surface area contributed by atoms with Gasteiger partial charge in [-0.3, -0.25) is 4.79 Å². The van der Waals surface area contributed by atoms with E-state index in [4.69, 9.17) is 15.6 Å². The van der Waals surface area contributed by atoms with Gasteiger partial charge in [0, 0.05) is 12.3 Å². The SMILES string of the molecule is NC[C@@H]1[C@H](CC=CCCCC(=O)O)[C@@H]2CC[C@H]1O2. The molecule has 2 rings (SSSR count). The Morgan fingerprint density at radius 1 is 1.28 bits per heavy atom. The van der Waals surface area contributed by atoms with Crippen LogP contribution in [0, 0.1) is 11.8 Å². The van der Waals surface area contributed by atoms with Gasteiger partial charge in [-0.2, -0.15) is 0 Å². The summed E-state index contributed by atoms with van der Waals surface area (Å²) >= 11 is 0. The van der Waals surface area contributed by atoms with Crippen molar-refractivity contribution in [1.29, 1.82) is 0 Å². The highest BCUT2D eigenvalue weighted by Gasteiger charge is 2.47. The van der Waals surface area contributed by atoms with Gasteiger partial charge in [0.25, 0.3) is 0 Å². The number of hydrogen-bond acceptors (Lipinski definition) is 3. The Balaban J connectivity index is 1.69. The molecule has 0 saturated carbocycles. The van der Waals surface area contributed by atoms with Crippen LogP contribution in [-0.2, 0) is 9.53 Å². The molecular weight excluding hydrogens is 230 g/mol. The van der Waals surface area contributed by atoms with Crippen LogP contribution in [0.2, 0.25) is 0 Å². The van der Waals surface area contributed by atoms with Gasteiger partial charge in [0.05, 0.1) is 12.2 Å². The molecule has 0 aromatic rings. The van der Waals surface area contributed by atoms with E-state index >= 15 is 0 Å². The Bertz CT molecular complexity index is 316. The number of carboxylic acids is 1. The van der Waals surface area contributed by atoms with Crippen LogP contribution in [0.15, 0.2) is 12.2 Å². The minimum Gasteiger partial charge on any atom is -0.481 e. The summed E-state index contributed by atoms with van der Waals surface area (Å²) in [5.41, 5.74) is 5.83. The zero-order valence-electron chi connectivity index (χ0n) is 10.8. The van der Waals surface area contributed by atoms with Gasteiger partial charge in [0.15, 0.2) is 0 Å². The third kappa shape index (κ3) is 3.12. The largest absolute Gasteiger partial charge is 0.481 e. The quantitative estimate of drug-likeness (QED) is 0.537. The molecular formula is C14H23NO3. The third-order valence-electron chi connectivity index (χ3n) is 4.20. The highest BCUT2D eigenvalue weighted by molar-refractivity contribution is 5.66. The normalized spacial score (nSPS) is 34.5. The number of fused-ring (bicyclic) bond motifs is 2. The third-order valence-corrected chi connectivity index (χ3v) is 4.20. The van der Waals surface area contributed by atoms with E-state index in [0.29, 0.717) is 24.0 Å². The van der Waals surface area contributed by atoms with Crippen molar-refractivity contribution in [2.75, 3.05) is 6.54 Å². The maximum Gasteiger partial charge on any atom is 0.303 e. The fourth-order valence-corrected chi connectivity index (χ4v) is 3.27. The first-order valence-electron chi connectivity index (χ1n) is 6.94. The van der Waals surface area contributed by atoms with E-state index < -0.39 is 5.97 Å². The molecule has 0 aliphatic carbocycles. The number of unbranched alkanes of at least 4 members (excludes halogenated alkanes) is 1. The van der Waals surface area contributed by atoms with Crippen molar-refractivity contribution in [2.45, 2.75) is 50.7 Å². The van der Waals surface area contributed by atoms with E-state index in [9.17, 15) is 4.79 Å². The predicted octanol–water partition coefficient (Wildman–Crippen LogP) is 1.94. The van der Waals surface area contributed by atoms with Crippen LogP contribution in [0.5, 0.6) is 0 Å². The monoisotopic (exact) mass is 253 g/mol. The van der Waals surface area contributed by atoms with Crippen LogP contribution in [0.3, 0.4) is 0 Å². The van der Waals surface area contributed by atoms with Crippen molar-refractivity contribution in [2.24, 2.45) is 17.6 Å². The molecule has 0 aromatic heterocycles. The summed E-state index contributed by atoms with van der Waals surface area (Å²) in [6.07, 6.45) is 10.3. The summed E-state index contributed by atoms with van der Waals surface area (Å²) in [7, 11) is 0. The van der Waals surface area contributed by atoms with Gasteiger partial charge in [-0.1, -0.05) is 12.2 Å². The molecule has 3 N–H and O–H groups in total. The molecule has 2 fully saturated rings. The first-order valence-corrected chi connectivity index (χ1v) is 6.94. The van der Waals surface area contributed by atoms with Gasteiger partial charge in [-0.15, -0.1) is 0 Å². The Hall–Kier alpha value is -0.870. The second-order valence-corrected chi connectivity index (χ2v) is 5.35. The average Bonchev–Trinajstić information content (AvgIpc) is 2.93. The van der Waals surface area contributed by atoms with Crippen LogP contribution in [-0.4, -0.2) is 29.8 Å². The standard InChI is InChI=1S/C14H23NO3/c15-9-11-10(12-7-8-13(11)18-12)5-3-1-2-4-6-14(16)17/h1,3,10-13H,2,4-9,15H2,(H,16,17)/t10-,11+,12-,13+/m0/s1. The van der Waals surface area contributed by atoms with Crippen LogP contribution in [0.1, 0.15) is 38.5 Å². The van der Waals surface area contributed by atoms with Crippen molar-refractivity contribution in [1.82, 2.24) is 0 Å². The maximum absolute atomic E-state index is 10.4. The van der Waals surface area contributed by atoms with E-state index in [-0.39, 0.29) is 6.42 Å². The number of hydrogen-bond donors (Lipinski definition) is 2. The number of allylic oxidation sites excluding steroid dienone is 2. The van der Waals surface area contributed by atoms with E-state index in [0.717, 1.165) is 25.8 Å². The Kier molecular flexibility index (Phi) is 4.78. The zero-order chi connectivity index (χ0) is 13.0. The molecule has 4 nitrogen and oxygen atoms in total. The van der Waals surface area contributed by atoms with Gasteiger partial charge in [-0.25, -0.2) is 0 Å². The van der Waals surface area contributed by atoms with Crippen LogP contribution < -0.4 is 5.73 Å². The van der Waals surface area contributed by atoms with Crippen molar-refractivity contribution in [3.8, 4) is 0 Å². The fraction of sp³-hybridized carbons (Fsp3) is 0.786.